The molecule has 2 atom stereocenters. The van der Waals surface area contributed by atoms with Gasteiger partial charge in [0.2, 0.25) is 5.91 Å². The van der Waals surface area contributed by atoms with Crippen molar-refractivity contribution >= 4 is 23.6 Å². The number of hydrogen-bond acceptors (Lipinski definition) is 3. The first-order valence-electron chi connectivity index (χ1n) is 9.91. The Kier molecular flexibility index (Phi) is 6.96. The molecule has 2 aromatic rings. The predicted octanol–water partition coefficient (Wildman–Crippen LogP) is 4.55. The summed E-state index contributed by atoms with van der Waals surface area (Å²) < 4.78 is 13.8. The predicted molar refractivity (Wildman–Crippen MR) is 115 cm³/mol. The highest BCUT2D eigenvalue weighted by Gasteiger charge is 2.42. The molecule has 154 valence electrons. The van der Waals surface area contributed by atoms with Gasteiger partial charge in [0.15, 0.2) is 0 Å². The zero-order valence-electron chi connectivity index (χ0n) is 17.0. The second kappa shape index (κ2) is 9.44. The molecule has 0 bridgehead atoms. The first-order valence-corrected chi connectivity index (χ1v) is 11.0. The normalized spacial score (nSPS) is 18.9. The Morgan fingerprint density at radius 2 is 1.97 bits per heavy atom. The van der Waals surface area contributed by atoms with Gasteiger partial charge in [-0.3, -0.25) is 9.59 Å². The molecule has 1 N–H and O–H groups in total. The van der Waals surface area contributed by atoms with E-state index in [0.29, 0.717) is 29.3 Å². The van der Waals surface area contributed by atoms with Gasteiger partial charge >= 0.3 is 0 Å². The van der Waals surface area contributed by atoms with Crippen molar-refractivity contribution in [3.05, 3.63) is 71.0 Å². The molecule has 2 unspecified atom stereocenters. The van der Waals surface area contributed by atoms with Gasteiger partial charge in [-0.1, -0.05) is 43.7 Å². The molecule has 1 fully saturated rings. The summed E-state index contributed by atoms with van der Waals surface area (Å²) in [5.41, 5.74) is 2.20. The first kappa shape index (κ1) is 21.4. The summed E-state index contributed by atoms with van der Waals surface area (Å²) in [7, 11) is 0. The Morgan fingerprint density at radius 1 is 1.21 bits per heavy atom. The highest BCUT2D eigenvalue weighted by Crippen LogP contribution is 2.42. The molecule has 3 rings (SSSR count). The number of amides is 2. The van der Waals surface area contributed by atoms with Gasteiger partial charge in [0.1, 0.15) is 17.2 Å². The van der Waals surface area contributed by atoms with E-state index in [0.717, 1.165) is 12.0 Å². The molecule has 1 saturated heterocycles. The van der Waals surface area contributed by atoms with Gasteiger partial charge in [-0.2, -0.15) is 0 Å². The molecule has 0 saturated carbocycles. The van der Waals surface area contributed by atoms with Gasteiger partial charge in [-0.05, 0) is 49.1 Å². The van der Waals surface area contributed by atoms with Gasteiger partial charge in [-0.25, -0.2) is 4.39 Å². The summed E-state index contributed by atoms with van der Waals surface area (Å²) in [5.74, 6) is 0.246. The molecule has 0 aromatic heterocycles. The van der Waals surface area contributed by atoms with Crippen LogP contribution in [0.25, 0.3) is 0 Å². The van der Waals surface area contributed by atoms with E-state index in [1.165, 1.54) is 23.9 Å². The van der Waals surface area contributed by atoms with Crippen LogP contribution in [-0.2, 0) is 4.79 Å². The molecular formula is C23H27FN2O2S. The Balaban J connectivity index is 1.89. The minimum atomic E-state index is -0.589. The quantitative estimate of drug-likeness (QED) is 0.754. The van der Waals surface area contributed by atoms with Crippen molar-refractivity contribution in [2.75, 3.05) is 12.3 Å². The first-order chi connectivity index (χ1) is 13.9. The standard InChI is InChI=1S/C23H27FN2O2S/c1-15(2)10-11-25-21(27)20-14-29-23(18-8-5-9-19(24)13-18)26(20)22(28)17-7-4-6-16(3)12-17/h4-9,12-13,15,20,23H,10-11,14H2,1-3H3,(H,25,27). The van der Waals surface area contributed by atoms with Crippen LogP contribution in [0.3, 0.4) is 0 Å². The summed E-state index contributed by atoms with van der Waals surface area (Å²) >= 11 is 1.49. The van der Waals surface area contributed by atoms with E-state index in [-0.39, 0.29) is 17.6 Å². The van der Waals surface area contributed by atoms with Crippen LogP contribution in [0.4, 0.5) is 4.39 Å². The summed E-state index contributed by atoms with van der Waals surface area (Å²) in [5, 5.41) is 2.56. The third kappa shape index (κ3) is 5.18. The van der Waals surface area contributed by atoms with Crippen molar-refractivity contribution in [3.8, 4) is 0 Å². The Bertz CT molecular complexity index is 887. The maximum atomic E-state index is 13.8. The molecule has 1 aliphatic rings. The number of thioether (sulfide) groups is 1. The number of rotatable bonds is 6. The van der Waals surface area contributed by atoms with Crippen molar-refractivity contribution in [1.82, 2.24) is 10.2 Å². The second-order valence-corrected chi connectivity index (χ2v) is 8.93. The SMILES string of the molecule is Cc1cccc(C(=O)N2C(C(=O)NCCC(C)C)CSC2c2cccc(F)c2)c1. The lowest BCUT2D eigenvalue weighted by atomic mass is 10.1. The van der Waals surface area contributed by atoms with Crippen LogP contribution in [-0.4, -0.2) is 35.1 Å². The molecule has 29 heavy (non-hydrogen) atoms. The molecule has 2 amide bonds. The number of halogens is 1. The summed E-state index contributed by atoms with van der Waals surface area (Å²) in [6, 6.07) is 13.0. The highest BCUT2D eigenvalue weighted by atomic mass is 32.2. The van der Waals surface area contributed by atoms with E-state index in [1.807, 2.05) is 25.1 Å². The monoisotopic (exact) mass is 414 g/mol. The van der Waals surface area contributed by atoms with E-state index in [1.54, 1.807) is 23.1 Å². The Labute approximate surface area is 175 Å². The van der Waals surface area contributed by atoms with Crippen LogP contribution < -0.4 is 5.32 Å². The zero-order valence-corrected chi connectivity index (χ0v) is 17.8. The molecule has 2 aromatic carbocycles. The molecule has 0 spiro atoms. The molecule has 1 aliphatic heterocycles. The molecule has 0 aliphatic carbocycles. The van der Waals surface area contributed by atoms with E-state index < -0.39 is 11.4 Å². The maximum absolute atomic E-state index is 13.8. The fraction of sp³-hybridized carbons (Fsp3) is 0.391. The highest BCUT2D eigenvalue weighted by molar-refractivity contribution is 7.99. The fourth-order valence-corrected chi connectivity index (χ4v) is 4.82. The summed E-state index contributed by atoms with van der Waals surface area (Å²) in [4.78, 5) is 27.9. The van der Waals surface area contributed by atoms with Crippen LogP contribution in [0.5, 0.6) is 0 Å². The molecule has 1 heterocycles. The van der Waals surface area contributed by atoms with E-state index in [9.17, 15) is 14.0 Å². The number of hydrogen-bond donors (Lipinski definition) is 1. The van der Waals surface area contributed by atoms with Crippen LogP contribution in [0, 0.1) is 18.7 Å². The van der Waals surface area contributed by atoms with Gasteiger partial charge in [0.05, 0.1) is 0 Å². The summed E-state index contributed by atoms with van der Waals surface area (Å²) in [6.45, 7) is 6.71. The van der Waals surface area contributed by atoms with Crippen LogP contribution in [0.1, 0.15) is 47.1 Å². The fourth-order valence-electron chi connectivity index (χ4n) is 3.40. The number of nitrogens with one attached hydrogen (secondary N) is 1. The minimum Gasteiger partial charge on any atom is -0.354 e. The van der Waals surface area contributed by atoms with E-state index >= 15 is 0 Å². The maximum Gasteiger partial charge on any atom is 0.255 e. The Morgan fingerprint density at radius 3 is 2.66 bits per heavy atom. The second-order valence-electron chi connectivity index (χ2n) is 7.81. The lowest BCUT2D eigenvalue weighted by Crippen LogP contribution is -2.48. The lowest BCUT2D eigenvalue weighted by molar-refractivity contribution is -0.124. The van der Waals surface area contributed by atoms with E-state index in [2.05, 4.69) is 19.2 Å². The molecule has 4 nitrogen and oxygen atoms in total. The average Bonchev–Trinajstić information content (AvgIpc) is 3.12. The van der Waals surface area contributed by atoms with Crippen molar-refractivity contribution in [3.63, 3.8) is 0 Å². The molecular weight excluding hydrogens is 387 g/mol. The third-order valence-corrected chi connectivity index (χ3v) is 6.28. The van der Waals surface area contributed by atoms with Crippen LogP contribution in [0.15, 0.2) is 48.5 Å². The van der Waals surface area contributed by atoms with Gasteiger partial charge < -0.3 is 10.2 Å². The number of benzene rings is 2. The third-order valence-electron chi connectivity index (χ3n) is 4.96. The lowest BCUT2D eigenvalue weighted by Gasteiger charge is -2.29. The van der Waals surface area contributed by atoms with Crippen LogP contribution >= 0.6 is 11.8 Å². The number of aryl methyl sites for hydroxylation is 1. The van der Waals surface area contributed by atoms with E-state index in [4.69, 9.17) is 0 Å². The topological polar surface area (TPSA) is 49.4 Å². The van der Waals surface area contributed by atoms with Crippen LogP contribution in [0.2, 0.25) is 0 Å². The average molecular weight is 415 g/mol. The summed E-state index contributed by atoms with van der Waals surface area (Å²) in [6.07, 6.45) is 0.880. The molecule has 0 radical (unpaired) electrons. The van der Waals surface area contributed by atoms with Gasteiger partial charge in [0.25, 0.3) is 5.91 Å². The van der Waals surface area contributed by atoms with Crippen molar-refractivity contribution in [1.29, 1.82) is 0 Å². The minimum absolute atomic E-state index is 0.155. The van der Waals surface area contributed by atoms with Crippen molar-refractivity contribution < 1.29 is 14.0 Å². The number of carbonyl (C=O) groups excluding carboxylic acids is 2. The smallest absolute Gasteiger partial charge is 0.255 e. The number of carbonyl (C=O) groups is 2. The Hall–Kier alpha value is -2.34. The van der Waals surface area contributed by atoms with Crippen molar-refractivity contribution in [2.24, 2.45) is 5.92 Å². The van der Waals surface area contributed by atoms with Gasteiger partial charge in [-0.15, -0.1) is 11.8 Å². The largest absolute Gasteiger partial charge is 0.354 e. The molecule has 6 heteroatoms. The van der Waals surface area contributed by atoms with Gasteiger partial charge in [0, 0.05) is 17.9 Å². The zero-order chi connectivity index (χ0) is 21.0. The number of nitrogens with zero attached hydrogens (tertiary/aromatic N) is 1. The van der Waals surface area contributed by atoms with Crippen molar-refractivity contribution in [2.45, 2.75) is 38.6 Å².